The van der Waals surface area contributed by atoms with Gasteiger partial charge >= 0.3 is 0 Å². The fraction of sp³-hybridized carbons (Fsp3) is 0.294. The minimum atomic E-state index is -2.99. The summed E-state index contributed by atoms with van der Waals surface area (Å²) in [6, 6.07) is 6.29. The molecule has 0 radical (unpaired) electrons. The van der Waals surface area contributed by atoms with Gasteiger partial charge in [0.15, 0.2) is 0 Å². The van der Waals surface area contributed by atoms with Crippen molar-refractivity contribution in [1.29, 1.82) is 10.5 Å². The third kappa shape index (κ3) is 2.56. The van der Waals surface area contributed by atoms with E-state index < -0.39 is 29.8 Å². The first-order valence-electron chi connectivity index (χ1n) is 7.40. The number of allylic oxidation sites excluding steroid dienone is 2. The molecule has 0 amide bonds. The number of hydrogen-bond donors (Lipinski definition) is 1. The van der Waals surface area contributed by atoms with Gasteiger partial charge in [0.2, 0.25) is 0 Å². The highest BCUT2D eigenvalue weighted by Crippen LogP contribution is 2.41. The van der Waals surface area contributed by atoms with Crippen molar-refractivity contribution in [2.75, 3.05) is 0 Å². The second kappa shape index (κ2) is 6.06. The van der Waals surface area contributed by atoms with Crippen molar-refractivity contribution in [3.8, 4) is 12.1 Å². The number of rotatable bonds is 2. The Morgan fingerprint density at radius 1 is 1.24 bits per heavy atom. The van der Waals surface area contributed by atoms with E-state index in [2.05, 4.69) is 15.2 Å². The van der Waals surface area contributed by atoms with Crippen LogP contribution in [0.25, 0.3) is 10.9 Å². The highest BCUT2D eigenvalue weighted by Gasteiger charge is 2.38. The number of aliphatic imine (C=N–C) groups is 1. The van der Waals surface area contributed by atoms with Crippen molar-refractivity contribution >= 4 is 16.6 Å². The summed E-state index contributed by atoms with van der Waals surface area (Å²) >= 11 is 0. The van der Waals surface area contributed by atoms with Crippen LogP contribution in [-0.4, -0.2) is 22.3 Å². The maximum Gasteiger partial charge on any atom is 0.281 e. The molecule has 0 aliphatic carbocycles. The summed E-state index contributed by atoms with van der Waals surface area (Å²) in [5.74, 6) is -2.85. The highest BCUT2D eigenvalue weighted by molar-refractivity contribution is 5.91. The van der Waals surface area contributed by atoms with E-state index in [0.29, 0.717) is 16.6 Å². The summed E-state index contributed by atoms with van der Waals surface area (Å²) in [7, 11) is 0. The summed E-state index contributed by atoms with van der Waals surface area (Å²) in [5.41, 5.74) is 0.0942. The van der Waals surface area contributed by atoms with Gasteiger partial charge in [-0.3, -0.25) is 10.1 Å². The predicted octanol–water partition coefficient (Wildman–Crippen LogP) is 3.75. The molecule has 3 rings (SSSR count). The maximum atomic E-state index is 14.7. The van der Waals surface area contributed by atoms with Gasteiger partial charge in [0.1, 0.15) is 11.5 Å². The van der Waals surface area contributed by atoms with Gasteiger partial charge in [0.25, 0.3) is 6.43 Å². The van der Waals surface area contributed by atoms with Gasteiger partial charge in [0, 0.05) is 28.8 Å². The second-order valence-corrected chi connectivity index (χ2v) is 5.79. The molecule has 1 aromatic carbocycles. The van der Waals surface area contributed by atoms with Gasteiger partial charge in [-0.2, -0.15) is 15.6 Å². The second-order valence-electron chi connectivity index (χ2n) is 5.79. The lowest BCUT2D eigenvalue weighted by Crippen LogP contribution is -2.27. The molecule has 0 fully saturated rings. The first kappa shape index (κ1) is 16.7. The molecule has 1 aliphatic rings. The number of aryl methyl sites for hydroxylation is 1. The SMILES string of the molecule is CC1=NC(C(F)F)=C(C#N)C(c2cc3c(C)[nH]nc3cc2F)C1C#N. The third-order valence-corrected chi connectivity index (χ3v) is 4.33. The Bertz CT molecular complexity index is 1000. The lowest BCUT2D eigenvalue weighted by Gasteiger charge is -2.27. The molecule has 0 saturated carbocycles. The van der Waals surface area contributed by atoms with E-state index >= 15 is 0 Å². The molecule has 126 valence electrons. The van der Waals surface area contributed by atoms with Crippen molar-refractivity contribution in [2.24, 2.45) is 10.9 Å². The average molecular weight is 343 g/mol. The fourth-order valence-electron chi connectivity index (χ4n) is 3.10. The van der Waals surface area contributed by atoms with Crippen LogP contribution in [0.2, 0.25) is 0 Å². The highest BCUT2D eigenvalue weighted by atomic mass is 19.3. The van der Waals surface area contributed by atoms with Crippen LogP contribution < -0.4 is 0 Å². The van der Waals surface area contributed by atoms with E-state index in [0.717, 1.165) is 0 Å². The number of H-pyrrole nitrogens is 1. The molecule has 2 atom stereocenters. The first-order chi connectivity index (χ1) is 11.9. The smallest absolute Gasteiger partial charge is 0.281 e. The standard InChI is InChI=1S/C17H12F3N5/c1-7-11(5-21)15(12(6-22)16(23-7)17(19)20)10-3-9-8(2)24-25-14(9)4-13(10)18/h3-4,11,15,17H,1-2H3,(H,24,25). The molecule has 2 heterocycles. The summed E-state index contributed by atoms with van der Waals surface area (Å²) in [4.78, 5) is 3.72. The van der Waals surface area contributed by atoms with Crippen molar-refractivity contribution in [3.63, 3.8) is 0 Å². The lowest BCUT2D eigenvalue weighted by molar-refractivity contribution is 0.185. The number of alkyl halides is 2. The van der Waals surface area contributed by atoms with E-state index in [-0.39, 0.29) is 16.8 Å². The summed E-state index contributed by atoms with van der Waals surface area (Å²) in [6.45, 7) is 3.16. The van der Waals surface area contributed by atoms with Crippen molar-refractivity contribution in [1.82, 2.24) is 10.2 Å². The zero-order valence-electron chi connectivity index (χ0n) is 13.3. The normalized spacial score (nSPS) is 20.6. The van der Waals surface area contributed by atoms with E-state index in [1.165, 1.54) is 19.1 Å². The largest absolute Gasteiger partial charge is 0.282 e. The Labute approximate surface area is 141 Å². The number of halogens is 3. The summed E-state index contributed by atoms with van der Waals surface area (Å²) < 4.78 is 41.3. The van der Waals surface area contributed by atoms with Gasteiger partial charge in [-0.15, -0.1) is 0 Å². The molecule has 2 aromatic rings. The van der Waals surface area contributed by atoms with E-state index in [1.807, 2.05) is 6.07 Å². The first-order valence-corrected chi connectivity index (χ1v) is 7.40. The molecule has 0 spiro atoms. The van der Waals surface area contributed by atoms with Crippen LogP contribution in [0.5, 0.6) is 0 Å². The average Bonchev–Trinajstić information content (AvgIpc) is 2.93. The summed E-state index contributed by atoms with van der Waals surface area (Å²) in [6.07, 6.45) is -2.99. The van der Waals surface area contributed by atoms with Crippen LogP contribution in [0.4, 0.5) is 13.2 Å². The molecule has 8 heteroatoms. The lowest BCUT2D eigenvalue weighted by atomic mass is 9.76. The number of aromatic amines is 1. The molecular formula is C17H12F3N5. The van der Waals surface area contributed by atoms with Gasteiger partial charge in [0.05, 0.1) is 29.1 Å². The molecule has 0 saturated heterocycles. The van der Waals surface area contributed by atoms with Crippen LogP contribution >= 0.6 is 0 Å². The van der Waals surface area contributed by atoms with Crippen molar-refractivity contribution in [2.45, 2.75) is 26.2 Å². The minimum absolute atomic E-state index is 0.00694. The van der Waals surface area contributed by atoms with Gasteiger partial charge in [-0.05, 0) is 25.5 Å². The van der Waals surface area contributed by atoms with E-state index in [4.69, 9.17) is 0 Å². The van der Waals surface area contributed by atoms with Gasteiger partial charge < -0.3 is 0 Å². The van der Waals surface area contributed by atoms with Crippen LogP contribution in [0.15, 0.2) is 28.4 Å². The Morgan fingerprint density at radius 3 is 2.56 bits per heavy atom. The van der Waals surface area contributed by atoms with E-state index in [1.54, 1.807) is 13.0 Å². The van der Waals surface area contributed by atoms with E-state index in [9.17, 15) is 23.7 Å². The molecule has 0 bridgehead atoms. The zero-order valence-corrected chi connectivity index (χ0v) is 13.3. The van der Waals surface area contributed by atoms with Gasteiger partial charge in [-0.1, -0.05) is 0 Å². The Kier molecular flexibility index (Phi) is 4.05. The van der Waals surface area contributed by atoms with Gasteiger partial charge in [-0.25, -0.2) is 13.2 Å². The minimum Gasteiger partial charge on any atom is -0.282 e. The molecule has 1 aromatic heterocycles. The number of nitrogens with one attached hydrogen (secondary N) is 1. The Hall–Kier alpha value is -3.13. The van der Waals surface area contributed by atoms with Crippen molar-refractivity contribution < 1.29 is 13.2 Å². The Morgan fingerprint density at radius 2 is 1.96 bits per heavy atom. The number of nitrogens with zero attached hydrogens (tertiary/aromatic N) is 4. The predicted molar refractivity (Wildman–Crippen MR) is 84.4 cm³/mol. The number of hydrogen-bond acceptors (Lipinski definition) is 4. The fourth-order valence-corrected chi connectivity index (χ4v) is 3.10. The monoisotopic (exact) mass is 343 g/mol. The van der Waals surface area contributed by atoms with Crippen LogP contribution in [0, 0.1) is 41.3 Å². The number of fused-ring (bicyclic) bond motifs is 1. The summed E-state index contributed by atoms with van der Waals surface area (Å²) in [5, 5.41) is 26.1. The Balaban J connectivity index is 2.31. The molecule has 1 N–H and O–H groups in total. The maximum absolute atomic E-state index is 14.7. The van der Waals surface area contributed by atoms with Crippen LogP contribution in [0.3, 0.4) is 0 Å². The topological polar surface area (TPSA) is 88.6 Å². The third-order valence-electron chi connectivity index (χ3n) is 4.33. The molecule has 25 heavy (non-hydrogen) atoms. The zero-order chi connectivity index (χ0) is 18.3. The van der Waals surface area contributed by atoms with Crippen LogP contribution in [0.1, 0.15) is 24.1 Å². The quantitative estimate of drug-likeness (QED) is 0.900. The number of nitriles is 2. The van der Waals surface area contributed by atoms with Crippen LogP contribution in [-0.2, 0) is 0 Å². The molecule has 2 unspecified atom stereocenters. The molecule has 1 aliphatic heterocycles. The number of benzene rings is 1. The van der Waals surface area contributed by atoms with Crippen molar-refractivity contribution in [3.05, 3.63) is 40.5 Å². The molecule has 5 nitrogen and oxygen atoms in total. The number of aromatic nitrogens is 2. The molecular weight excluding hydrogens is 331 g/mol.